The smallest absolute Gasteiger partial charge is 0.148 e. The zero-order valence-corrected chi connectivity index (χ0v) is 14.1. The van der Waals surface area contributed by atoms with Crippen molar-refractivity contribution in [1.29, 1.82) is 0 Å². The summed E-state index contributed by atoms with van der Waals surface area (Å²) in [5, 5.41) is 11.5. The van der Waals surface area contributed by atoms with Crippen molar-refractivity contribution in [3.05, 3.63) is 33.9 Å². The summed E-state index contributed by atoms with van der Waals surface area (Å²) in [4.78, 5) is 8.31. The van der Waals surface area contributed by atoms with Crippen LogP contribution in [0.25, 0.3) is 0 Å². The van der Waals surface area contributed by atoms with Crippen LogP contribution in [0.5, 0.6) is 0 Å². The van der Waals surface area contributed by atoms with Gasteiger partial charge in [0.1, 0.15) is 5.82 Å². The molecule has 1 fully saturated rings. The molecule has 2 aromatic heterocycles. The fourth-order valence-corrected chi connectivity index (χ4v) is 3.86. The first-order chi connectivity index (χ1) is 10.7. The standard InChI is InChI=1S/C16H23N5S/c1-12-15(22-11-18-12)10-21-7-3-4-13(9-21)8-14-5-6-16(17-2)20-19-14/h5-6,11,13H,3-4,7-10H2,1-2H3,(H,17,20). The van der Waals surface area contributed by atoms with Crippen LogP contribution in [0.15, 0.2) is 17.6 Å². The minimum Gasteiger partial charge on any atom is -0.372 e. The lowest BCUT2D eigenvalue weighted by Crippen LogP contribution is -2.35. The summed E-state index contributed by atoms with van der Waals surface area (Å²) in [5.74, 6) is 1.51. The number of rotatable bonds is 5. The van der Waals surface area contributed by atoms with E-state index in [0.717, 1.165) is 31.0 Å². The number of hydrogen-bond acceptors (Lipinski definition) is 6. The van der Waals surface area contributed by atoms with Crippen LogP contribution in [-0.2, 0) is 13.0 Å². The molecule has 1 saturated heterocycles. The lowest BCUT2D eigenvalue weighted by atomic mass is 9.93. The first-order valence-corrected chi connectivity index (χ1v) is 8.74. The number of nitrogens with one attached hydrogen (secondary N) is 1. The molecule has 0 aromatic carbocycles. The molecule has 2 aromatic rings. The molecule has 118 valence electrons. The average Bonchev–Trinajstić information content (AvgIpc) is 2.94. The highest BCUT2D eigenvalue weighted by Gasteiger charge is 2.21. The van der Waals surface area contributed by atoms with Crippen LogP contribution in [0.3, 0.4) is 0 Å². The Morgan fingerprint density at radius 1 is 1.36 bits per heavy atom. The zero-order chi connectivity index (χ0) is 15.4. The van der Waals surface area contributed by atoms with E-state index in [4.69, 9.17) is 0 Å². The maximum atomic E-state index is 4.35. The van der Waals surface area contributed by atoms with E-state index >= 15 is 0 Å². The van der Waals surface area contributed by atoms with Gasteiger partial charge in [0, 0.05) is 25.0 Å². The van der Waals surface area contributed by atoms with Gasteiger partial charge in [-0.3, -0.25) is 4.90 Å². The minimum absolute atomic E-state index is 0.678. The molecule has 1 unspecified atom stereocenters. The lowest BCUT2D eigenvalue weighted by molar-refractivity contribution is 0.167. The summed E-state index contributed by atoms with van der Waals surface area (Å²) in [6, 6.07) is 4.09. The second-order valence-corrected chi connectivity index (χ2v) is 6.91. The number of aryl methyl sites for hydroxylation is 1. The van der Waals surface area contributed by atoms with Crippen molar-refractivity contribution in [2.45, 2.75) is 32.7 Å². The van der Waals surface area contributed by atoms with Crippen molar-refractivity contribution in [3.8, 4) is 0 Å². The molecule has 6 heteroatoms. The van der Waals surface area contributed by atoms with Crippen molar-refractivity contribution in [2.75, 3.05) is 25.5 Å². The molecule has 0 amide bonds. The Balaban J connectivity index is 1.57. The molecule has 1 N–H and O–H groups in total. The molecule has 0 saturated carbocycles. The summed E-state index contributed by atoms with van der Waals surface area (Å²) in [5.41, 5.74) is 4.23. The third-order valence-corrected chi connectivity index (χ3v) is 5.21. The molecule has 1 atom stereocenters. The topological polar surface area (TPSA) is 53.9 Å². The third-order valence-electron chi connectivity index (χ3n) is 4.29. The number of anilines is 1. The fraction of sp³-hybridized carbons (Fsp3) is 0.562. The van der Waals surface area contributed by atoms with E-state index in [1.807, 2.05) is 18.6 Å². The summed E-state index contributed by atoms with van der Waals surface area (Å²) < 4.78 is 0. The fourth-order valence-electron chi connectivity index (χ4n) is 3.04. The van der Waals surface area contributed by atoms with Crippen LogP contribution in [0.1, 0.15) is 29.1 Å². The van der Waals surface area contributed by atoms with Crippen LogP contribution in [0, 0.1) is 12.8 Å². The van der Waals surface area contributed by atoms with Gasteiger partial charge >= 0.3 is 0 Å². The molecule has 0 spiro atoms. The third kappa shape index (κ3) is 3.81. The second kappa shape index (κ2) is 7.15. The number of hydrogen-bond donors (Lipinski definition) is 1. The van der Waals surface area contributed by atoms with Crippen LogP contribution in [0.2, 0.25) is 0 Å². The minimum atomic E-state index is 0.678. The maximum absolute atomic E-state index is 4.35. The molecule has 0 bridgehead atoms. The molecule has 3 heterocycles. The highest BCUT2D eigenvalue weighted by molar-refractivity contribution is 7.09. The van der Waals surface area contributed by atoms with E-state index < -0.39 is 0 Å². The zero-order valence-electron chi connectivity index (χ0n) is 13.2. The van der Waals surface area contributed by atoms with Crippen molar-refractivity contribution in [2.24, 2.45) is 5.92 Å². The monoisotopic (exact) mass is 317 g/mol. The van der Waals surface area contributed by atoms with E-state index in [1.54, 1.807) is 11.3 Å². The van der Waals surface area contributed by atoms with Crippen molar-refractivity contribution in [1.82, 2.24) is 20.1 Å². The van der Waals surface area contributed by atoms with Crippen molar-refractivity contribution < 1.29 is 0 Å². The Labute approximate surface area is 135 Å². The van der Waals surface area contributed by atoms with Crippen molar-refractivity contribution >= 4 is 17.2 Å². The Bertz CT molecular complexity index is 595. The Morgan fingerprint density at radius 3 is 2.95 bits per heavy atom. The van der Waals surface area contributed by atoms with E-state index in [1.165, 1.54) is 30.0 Å². The summed E-state index contributed by atoms with van der Waals surface area (Å²) in [6.07, 6.45) is 3.58. The van der Waals surface area contributed by atoms with E-state index in [9.17, 15) is 0 Å². The molecular formula is C16H23N5S. The van der Waals surface area contributed by atoms with Gasteiger partial charge < -0.3 is 5.32 Å². The van der Waals surface area contributed by atoms with E-state index in [2.05, 4.69) is 38.4 Å². The molecular weight excluding hydrogens is 294 g/mol. The highest BCUT2D eigenvalue weighted by Crippen LogP contribution is 2.23. The van der Waals surface area contributed by atoms with Gasteiger partial charge in [0.15, 0.2) is 0 Å². The number of nitrogens with zero attached hydrogens (tertiary/aromatic N) is 4. The Hall–Kier alpha value is -1.53. The van der Waals surface area contributed by atoms with Gasteiger partial charge in [-0.2, -0.15) is 5.10 Å². The molecule has 1 aliphatic rings. The van der Waals surface area contributed by atoms with Crippen LogP contribution in [-0.4, -0.2) is 40.2 Å². The van der Waals surface area contributed by atoms with E-state index in [-0.39, 0.29) is 0 Å². The van der Waals surface area contributed by atoms with E-state index in [0.29, 0.717) is 5.92 Å². The Kier molecular flexibility index (Phi) is 5.00. The lowest BCUT2D eigenvalue weighted by Gasteiger charge is -2.32. The average molecular weight is 317 g/mol. The molecule has 0 aliphatic carbocycles. The largest absolute Gasteiger partial charge is 0.372 e. The first kappa shape index (κ1) is 15.4. The summed E-state index contributed by atoms with van der Waals surface area (Å²) in [6.45, 7) is 5.48. The number of piperidine rings is 1. The van der Waals surface area contributed by atoms with Gasteiger partial charge in [-0.25, -0.2) is 4.98 Å². The van der Waals surface area contributed by atoms with Gasteiger partial charge in [-0.05, 0) is 50.8 Å². The number of aromatic nitrogens is 3. The van der Waals surface area contributed by atoms with Crippen LogP contribution >= 0.6 is 11.3 Å². The normalized spacial score (nSPS) is 19.3. The number of likely N-dealkylation sites (tertiary alicyclic amines) is 1. The van der Waals surface area contributed by atoms with Gasteiger partial charge in [0.05, 0.1) is 16.9 Å². The Morgan fingerprint density at radius 2 is 2.27 bits per heavy atom. The molecule has 22 heavy (non-hydrogen) atoms. The van der Waals surface area contributed by atoms with Crippen LogP contribution in [0.4, 0.5) is 5.82 Å². The molecule has 3 rings (SSSR count). The highest BCUT2D eigenvalue weighted by atomic mass is 32.1. The second-order valence-electron chi connectivity index (χ2n) is 5.97. The predicted molar refractivity (Wildman–Crippen MR) is 90.1 cm³/mol. The van der Waals surface area contributed by atoms with Gasteiger partial charge in [-0.15, -0.1) is 16.4 Å². The molecule has 1 aliphatic heterocycles. The summed E-state index contributed by atoms with van der Waals surface area (Å²) in [7, 11) is 1.87. The predicted octanol–water partition coefficient (Wildman–Crippen LogP) is 2.74. The molecule has 5 nitrogen and oxygen atoms in total. The first-order valence-electron chi connectivity index (χ1n) is 7.86. The van der Waals surface area contributed by atoms with Gasteiger partial charge in [-0.1, -0.05) is 0 Å². The SMILES string of the molecule is CNc1ccc(CC2CCCN(Cc3scnc3C)C2)nn1. The van der Waals surface area contributed by atoms with Gasteiger partial charge in [0.25, 0.3) is 0 Å². The molecule has 0 radical (unpaired) electrons. The quantitative estimate of drug-likeness (QED) is 0.919. The number of thiazole rings is 1. The van der Waals surface area contributed by atoms with Crippen LogP contribution < -0.4 is 5.32 Å². The van der Waals surface area contributed by atoms with Crippen molar-refractivity contribution in [3.63, 3.8) is 0 Å². The maximum Gasteiger partial charge on any atom is 0.148 e. The summed E-state index contributed by atoms with van der Waals surface area (Å²) >= 11 is 1.77. The van der Waals surface area contributed by atoms with Gasteiger partial charge in [0.2, 0.25) is 0 Å².